The largest absolute Gasteiger partial charge is 0.396 e. The van der Waals surface area contributed by atoms with E-state index in [-0.39, 0.29) is 24.0 Å². The fraction of sp³-hybridized carbons (Fsp3) is 0.600. The molecule has 1 aliphatic rings. The number of benzene rings is 1. The Morgan fingerprint density at radius 3 is 2.60 bits per heavy atom. The molecule has 112 valence electrons. The zero-order chi connectivity index (χ0) is 14.9. The average molecular weight is 297 g/mol. The Bertz CT molecular complexity index is 510. The predicted molar refractivity (Wildman–Crippen MR) is 80.2 cm³/mol. The molecule has 0 saturated carbocycles. The van der Waals surface area contributed by atoms with Crippen LogP contribution in [0, 0.1) is 0 Å². The summed E-state index contributed by atoms with van der Waals surface area (Å²) in [7, 11) is -1.12. The molecule has 1 aliphatic heterocycles. The first-order chi connectivity index (χ1) is 9.38. The summed E-state index contributed by atoms with van der Waals surface area (Å²) in [5, 5.41) is 18.5. The second kappa shape index (κ2) is 5.93. The maximum atomic E-state index is 12.7. The van der Waals surface area contributed by atoms with E-state index in [2.05, 4.69) is 0 Å². The van der Waals surface area contributed by atoms with Crippen LogP contribution < -0.4 is 0 Å². The quantitative estimate of drug-likeness (QED) is 0.892. The molecule has 1 unspecified atom stereocenters. The third-order valence-corrected chi connectivity index (χ3v) is 5.42. The number of rotatable bonds is 4. The van der Waals surface area contributed by atoms with Crippen molar-refractivity contribution in [3.05, 3.63) is 34.9 Å². The van der Waals surface area contributed by atoms with Crippen LogP contribution in [0.3, 0.4) is 0 Å². The van der Waals surface area contributed by atoms with Gasteiger partial charge in [-0.15, -0.1) is 0 Å². The van der Waals surface area contributed by atoms with Crippen LogP contribution in [0.5, 0.6) is 0 Å². The summed E-state index contributed by atoms with van der Waals surface area (Å²) < 4.78 is 14.3. The molecule has 0 fully saturated rings. The van der Waals surface area contributed by atoms with Gasteiger partial charge in [-0.25, -0.2) is 8.51 Å². The minimum atomic E-state index is -1.12. The van der Waals surface area contributed by atoms with E-state index in [0.29, 0.717) is 13.0 Å². The molecule has 5 heteroatoms. The second-order valence-corrected chi connectivity index (χ2v) is 8.35. The van der Waals surface area contributed by atoms with E-state index >= 15 is 0 Å². The van der Waals surface area contributed by atoms with E-state index in [1.54, 1.807) is 0 Å². The Morgan fingerprint density at radius 1 is 1.35 bits per heavy atom. The van der Waals surface area contributed by atoms with Gasteiger partial charge < -0.3 is 10.2 Å². The van der Waals surface area contributed by atoms with Crippen LogP contribution in [0.1, 0.15) is 49.9 Å². The Kier molecular flexibility index (Phi) is 4.64. The predicted octanol–water partition coefficient (Wildman–Crippen LogP) is 1.88. The molecule has 1 heterocycles. The minimum Gasteiger partial charge on any atom is -0.396 e. The van der Waals surface area contributed by atoms with Gasteiger partial charge in [0.15, 0.2) is 0 Å². The van der Waals surface area contributed by atoms with Gasteiger partial charge >= 0.3 is 0 Å². The molecular formula is C15H23NO3S. The highest BCUT2D eigenvalue weighted by atomic mass is 32.2. The Labute approximate surface area is 123 Å². The van der Waals surface area contributed by atoms with E-state index in [9.17, 15) is 14.4 Å². The average Bonchev–Trinajstić information content (AvgIpc) is 2.75. The number of nitrogens with zero attached hydrogens (tertiary/aromatic N) is 1. The summed E-state index contributed by atoms with van der Waals surface area (Å²) in [5.74, 6) is 0. The van der Waals surface area contributed by atoms with Crippen LogP contribution in [-0.4, -0.2) is 30.1 Å². The third kappa shape index (κ3) is 2.96. The normalized spacial score (nSPS) is 20.9. The lowest BCUT2D eigenvalue weighted by molar-refractivity contribution is 0.238. The molecule has 0 spiro atoms. The first-order valence-electron chi connectivity index (χ1n) is 6.90. The number of hydrogen-bond donors (Lipinski definition) is 2. The summed E-state index contributed by atoms with van der Waals surface area (Å²) in [6, 6.07) is 5.84. The van der Waals surface area contributed by atoms with Gasteiger partial charge in [-0.2, -0.15) is 0 Å². The molecule has 2 N–H and O–H groups in total. The highest BCUT2D eigenvalue weighted by Gasteiger charge is 2.37. The zero-order valence-electron chi connectivity index (χ0n) is 12.3. The van der Waals surface area contributed by atoms with Gasteiger partial charge in [0.2, 0.25) is 0 Å². The summed E-state index contributed by atoms with van der Waals surface area (Å²) in [6.45, 7) is 6.57. The van der Waals surface area contributed by atoms with Crippen LogP contribution in [-0.2, 0) is 24.1 Å². The van der Waals surface area contributed by atoms with Gasteiger partial charge in [0.1, 0.15) is 11.0 Å². The maximum absolute atomic E-state index is 12.7. The lowest BCUT2D eigenvalue weighted by atomic mass is 10.0. The van der Waals surface area contributed by atoms with Gasteiger partial charge in [0.25, 0.3) is 0 Å². The van der Waals surface area contributed by atoms with Crippen molar-refractivity contribution in [3.63, 3.8) is 0 Å². The van der Waals surface area contributed by atoms with Crippen molar-refractivity contribution in [2.75, 3.05) is 6.61 Å². The molecule has 0 saturated heterocycles. The Hall–Kier alpha value is -0.750. The van der Waals surface area contributed by atoms with Crippen molar-refractivity contribution in [1.82, 2.24) is 4.31 Å². The zero-order valence-corrected chi connectivity index (χ0v) is 13.1. The Balaban J connectivity index is 2.35. The molecule has 0 bridgehead atoms. The third-order valence-electron chi connectivity index (χ3n) is 3.56. The minimum absolute atomic E-state index is 0.0113. The molecule has 4 nitrogen and oxygen atoms in total. The van der Waals surface area contributed by atoms with Crippen LogP contribution in [0.4, 0.5) is 0 Å². The molecule has 2 atom stereocenters. The van der Waals surface area contributed by atoms with Crippen molar-refractivity contribution >= 4 is 11.0 Å². The highest BCUT2D eigenvalue weighted by Crippen LogP contribution is 2.39. The number of aliphatic hydroxyl groups excluding tert-OH is 2. The summed E-state index contributed by atoms with van der Waals surface area (Å²) >= 11 is 0. The lowest BCUT2D eigenvalue weighted by Crippen LogP contribution is -2.36. The van der Waals surface area contributed by atoms with Crippen molar-refractivity contribution < 1.29 is 14.4 Å². The molecule has 1 aromatic rings. The van der Waals surface area contributed by atoms with Gasteiger partial charge in [-0.3, -0.25) is 0 Å². The van der Waals surface area contributed by atoms with E-state index in [4.69, 9.17) is 0 Å². The lowest BCUT2D eigenvalue weighted by Gasteiger charge is -2.30. The van der Waals surface area contributed by atoms with Gasteiger partial charge in [0, 0.05) is 13.2 Å². The first kappa shape index (κ1) is 15.6. The number of hydrogen-bond acceptors (Lipinski definition) is 3. The molecular weight excluding hydrogens is 274 g/mol. The van der Waals surface area contributed by atoms with E-state index < -0.39 is 11.0 Å². The van der Waals surface area contributed by atoms with Crippen LogP contribution in [0.2, 0.25) is 0 Å². The van der Waals surface area contributed by atoms with Crippen molar-refractivity contribution in [2.24, 2.45) is 0 Å². The molecule has 0 aliphatic carbocycles. The van der Waals surface area contributed by atoms with E-state index in [0.717, 1.165) is 16.7 Å². The molecule has 1 aromatic carbocycles. The number of aliphatic hydroxyl groups is 2. The van der Waals surface area contributed by atoms with E-state index in [1.807, 2.05) is 43.3 Å². The summed E-state index contributed by atoms with van der Waals surface area (Å²) in [6.07, 6.45) is 0.577. The Morgan fingerprint density at radius 2 is 2.05 bits per heavy atom. The molecule has 0 amide bonds. The van der Waals surface area contributed by atoms with Gasteiger partial charge in [-0.05, 0) is 43.9 Å². The standard InChI is InChI=1S/C15H23NO3S/c1-15(2,3)20(19)16-9-12-8-11(10-18)4-5-13(12)14(16)6-7-17/h4-5,8,14,17-18H,6-7,9-10H2,1-3H3/t14-,20?/m1/s1. The van der Waals surface area contributed by atoms with Crippen LogP contribution in [0.15, 0.2) is 18.2 Å². The highest BCUT2D eigenvalue weighted by molar-refractivity contribution is 7.84. The van der Waals surface area contributed by atoms with Gasteiger partial charge in [0.05, 0.1) is 17.4 Å². The molecule has 0 aromatic heterocycles. The second-order valence-electron chi connectivity index (χ2n) is 6.16. The smallest absolute Gasteiger partial charge is 0.101 e. The van der Waals surface area contributed by atoms with E-state index in [1.165, 1.54) is 0 Å². The summed E-state index contributed by atoms with van der Waals surface area (Å²) in [5.41, 5.74) is 3.09. The maximum Gasteiger partial charge on any atom is 0.101 e. The molecule has 2 rings (SSSR count). The monoisotopic (exact) mass is 297 g/mol. The van der Waals surface area contributed by atoms with Crippen LogP contribution >= 0.6 is 0 Å². The fourth-order valence-corrected chi connectivity index (χ4v) is 4.01. The fourth-order valence-electron chi connectivity index (χ4n) is 2.60. The van der Waals surface area contributed by atoms with Crippen LogP contribution in [0.25, 0.3) is 0 Å². The summed E-state index contributed by atoms with van der Waals surface area (Å²) in [4.78, 5) is 0. The van der Waals surface area contributed by atoms with Crippen molar-refractivity contribution in [3.8, 4) is 0 Å². The first-order valence-corrected chi connectivity index (χ1v) is 8.01. The number of fused-ring (bicyclic) bond motifs is 1. The van der Waals surface area contributed by atoms with Crippen molar-refractivity contribution in [2.45, 2.75) is 51.1 Å². The molecule has 20 heavy (non-hydrogen) atoms. The topological polar surface area (TPSA) is 60.8 Å². The SMILES string of the molecule is CC(C)(C)S(=O)N1Cc2cc(CO)ccc2[C@H]1CCO. The van der Waals surface area contributed by atoms with Crippen molar-refractivity contribution in [1.29, 1.82) is 0 Å². The molecule has 0 radical (unpaired) electrons. The van der Waals surface area contributed by atoms with Gasteiger partial charge in [-0.1, -0.05) is 18.2 Å².